The van der Waals surface area contributed by atoms with Crippen LogP contribution in [0.1, 0.15) is 0 Å². The Bertz CT molecular complexity index is 669. The molecule has 1 N–H and O–H groups in total. The highest BCUT2D eigenvalue weighted by atomic mass is 35.5. The van der Waals surface area contributed by atoms with Crippen molar-refractivity contribution in [3.05, 3.63) is 34.8 Å². The highest BCUT2D eigenvalue weighted by Gasteiger charge is 2.19. The second-order valence-electron chi connectivity index (χ2n) is 3.51. The van der Waals surface area contributed by atoms with Crippen LogP contribution in [0.2, 0.25) is 5.02 Å². The third-order valence-corrected chi connectivity index (χ3v) is 4.59. The van der Waals surface area contributed by atoms with E-state index in [2.05, 4.69) is 15.5 Å². The lowest BCUT2D eigenvalue weighted by molar-refractivity contribution is -0.113. The number of nitrogens with one attached hydrogen (secondary N) is 1. The molecule has 0 spiro atoms. The average Bonchev–Trinajstić information content (AvgIpc) is 2.81. The molecule has 0 saturated heterocycles. The van der Waals surface area contributed by atoms with E-state index in [1.54, 1.807) is 0 Å². The lowest BCUT2D eigenvalue weighted by Crippen LogP contribution is -2.22. The van der Waals surface area contributed by atoms with Gasteiger partial charge in [0.2, 0.25) is 11.0 Å². The van der Waals surface area contributed by atoms with Crippen LogP contribution in [0.3, 0.4) is 0 Å². The van der Waals surface area contributed by atoms with Gasteiger partial charge in [-0.3, -0.25) is 10.1 Å². The van der Waals surface area contributed by atoms with Gasteiger partial charge in [-0.2, -0.15) is 0 Å². The van der Waals surface area contributed by atoms with Crippen molar-refractivity contribution in [3.8, 4) is 0 Å². The average molecular weight is 318 g/mol. The van der Waals surface area contributed by atoms with Crippen LogP contribution in [0.5, 0.6) is 0 Å². The summed E-state index contributed by atoms with van der Waals surface area (Å²) in [5.41, 5.74) is 1.43. The van der Waals surface area contributed by atoms with E-state index in [9.17, 15) is 13.2 Å². The van der Waals surface area contributed by atoms with Gasteiger partial charge in [0, 0.05) is 5.02 Å². The number of sulfone groups is 1. The minimum atomic E-state index is -3.69. The zero-order valence-electron chi connectivity index (χ0n) is 9.41. The summed E-state index contributed by atoms with van der Waals surface area (Å²) in [7, 11) is -3.69. The van der Waals surface area contributed by atoms with Gasteiger partial charge in [-0.05, 0) is 24.3 Å². The van der Waals surface area contributed by atoms with Gasteiger partial charge in [0.15, 0.2) is 9.84 Å². The molecule has 0 atom stereocenters. The highest BCUT2D eigenvalue weighted by Crippen LogP contribution is 2.16. The fourth-order valence-corrected chi connectivity index (χ4v) is 3.00. The standard InChI is InChI=1S/C10H8ClN3O3S2/c11-7-1-3-8(4-2-7)19(16,17)5-9(15)13-10-14-12-6-18-10/h1-4,6H,5H2,(H,13,14,15). The summed E-state index contributed by atoms with van der Waals surface area (Å²) >= 11 is 6.78. The van der Waals surface area contributed by atoms with E-state index >= 15 is 0 Å². The van der Waals surface area contributed by atoms with Crippen molar-refractivity contribution in [2.45, 2.75) is 4.90 Å². The van der Waals surface area contributed by atoms with E-state index in [0.29, 0.717) is 5.02 Å². The monoisotopic (exact) mass is 317 g/mol. The minimum Gasteiger partial charge on any atom is -0.300 e. The van der Waals surface area contributed by atoms with E-state index in [4.69, 9.17) is 11.6 Å². The predicted octanol–water partition coefficient (Wildman–Crippen LogP) is 1.60. The summed E-state index contributed by atoms with van der Waals surface area (Å²) in [6.45, 7) is 0. The molecule has 0 radical (unpaired) electrons. The summed E-state index contributed by atoms with van der Waals surface area (Å²) in [5.74, 6) is -1.32. The summed E-state index contributed by atoms with van der Waals surface area (Å²) in [5, 5.41) is 10.2. The van der Waals surface area contributed by atoms with Crippen molar-refractivity contribution >= 4 is 43.8 Å². The SMILES string of the molecule is O=C(CS(=O)(=O)c1ccc(Cl)cc1)Nc1nncs1. The Morgan fingerprint density at radius 2 is 2.00 bits per heavy atom. The normalized spacial score (nSPS) is 11.2. The molecule has 0 saturated carbocycles. The molecule has 0 bridgehead atoms. The third-order valence-electron chi connectivity index (χ3n) is 2.10. The van der Waals surface area contributed by atoms with E-state index in [1.807, 2.05) is 0 Å². The van der Waals surface area contributed by atoms with Crippen LogP contribution in [-0.4, -0.2) is 30.3 Å². The predicted molar refractivity (Wildman–Crippen MR) is 72.0 cm³/mol. The first-order valence-electron chi connectivity index (χ1n) is 5.02. The van der Waals surface area contributed by atoms with Crippen molar-refractivity contribution in [2.75, 3.05) is 11.1 Å². The van der Waals surface area contributed by atoms with Crippen LogP contribution in [0.25, 0.3) is 0 Å². The van der Waals surface area contributed by atoms with Gasteiger partial charge in [0.1, 0.15) is 11.3 Å². The summed E-state index contributed by atoms with van der Waals surface area (Å²) in [6.07, 6.45) is 0. The van der Waals surface area contributed by atoms with Gasteiger partial charge in [-0.1, -0.05) is 22.9 Å². The molecule has 2 rings (SSSR count). The molecule has 1 aromatic carbocycles. The molecular weight excluding hydrogens is 310 g/mol. The molecule has 0 aliphatic heterocycles. The van der Waals surface area contributed by atoms with Gasteiger partial charge < -0.3 is 0 Å². The molecule has 1 heterocycles. The maximum Gasteiger partial charge on any atom is 0.241 e. The Balaban J connectivity index is 2.09. The van der Waals surface area contributed by atoms with Crippen LogP contribution < -0.4 is 5.32 Å². The maximum absolute atomic E-state index is 11.9. The smallest absolute Gasteiger partial charge is 0.241 e. The Hall–Kier alpha value is -1.51. The van der Waals surface area contributed by atoms with Crippen molar-refractivity contribution in [1.29, 1.82) is 0 Å². The second kappa shape index (κ2) is 5.64. The van der Waals surface area contributed by atoms with Crippen LogP contribution in [0.4, 0.5) is 5.13 Å². The minimum absolute atomic E-state index is 0.0457. The number of nitrogens with zero attached hydrogens (tertiary/aromatic N) is 2. The summed E-state index contributed by atoms with van der Waals surface area (Å²) in [4.78, 5) is 11.6. The Kier molecular flexibility index (Phi) is 4.13. The lowest BCUT2D eigenvalue weighted by Gasteiger charge is -2.04. The number of carbonyl (C=O) groups is 1. The largest absolute Gasteiger partial charge is 0.300 e. The van der Waals surface area contributed by atoms with E-state index in [0.717, 1.165) is 11.3 Å². The highest BCUT2D eigenvalue weighted by molar-refractivity contribution is 7.92. The van der Waals surface area contributed by atoms with Crippen LogP contribution in [0, 0.1) is 0 Å². The summed E-state index contributed by atoms with van der Waals surface area (Å²) in [6, 6.07) is 5.62. The number of carbonyl (C=O) groups excluding carboxylic acids is 1. The number of anilines is 1. The quantitative estimate of drug-likeness (QED) is 0.925. The van der Waals surface area contributed by atoms with Crippen molar-refractivity contribution in [1.82, 2.24) is 10.2 Å². The van der Waals surface area contributed by atoms with Gasteiger partial charge in [-0.25, -0.2) is 8.42 Å². The second-order valence-corrected chi connectivity index (χ2v) is 6.76. The molecule has 0 aliphatic rings. The van der Waals surface area contributed by atoms with Gasteiger partial charge in [0.25, 0.3) is 0 Å². The first kappa shape index (κ1) is 13.9. The molecule has 6 nitrogen and oxygen atoms in total. The fourth-order valence-electron chi connectivity index (χ4n) is 1.28. The molecule has 9 heteroatoms. The Morgan fingerprint density at radius 1 is 1.32 bits per heavy atom. The van der Waals surface area contributed by atoms with Crippen LogP contribution in [0.15, 0.2) is 34.7 Å². The maximum atomic E-state index is 11.9. The number of rotatable bonds is 4. The zero-order chi connectivity index (χ0) is 13.9. The molecule has 2 aromatic rings. The first-order chi connectivity index (χ1) is 8.97. The molecule has 0 fully saturated rings. The van der Waals surface area contributed by atoms with Crippen LogP contribution in [-0.2, 0) is 14.6 Å². The first-order valence-corrected chi connectivity index (χ1v) is 7.93. The number of hydrogen-bond donors (Lipinski definition) is 1. The zero-order valence-corrected chi connectivity index (χ0v) is 11.8. The van der Waals surface area contributed by atoms with E-state index in [1.165, 1.54) is 29.8 Å². The van der Waals surface area contributed by atoms with E-state index in [-0.39, 0.29) is 10.0 Å². The third kappa shape index (κ3) is 3.72. The van der Waals surface area contributed by atoms with Crippen molar-refractivity contribution < 1.29 is 13.2 Å². The van der Waals surface area contributed by atoms with Gasteiger partial charge >= 0.3 is 0 Å². The number of halogens is 1. The lowest BCUT2D eigenvalue weighted by atomic mass is 10.4. The number of hydrogen-bond acceptors (Lipinski definition) is 6. The molecular formula is C10H8ClN3O3S2. The van der Waals surface area contributed by atoms with Crippen molar-refractivity contribution in [3.63, 3.8) is 0 Å². The molecule has 1 amide bonds. The van der Waals surface area contributed by atoms with Crippen molar-refractivity contribution in [2.24, 2.45) is 0 Å². The van der Waals surface area contributed by atoms with Gasteiger partial charge in [0.05, 0.1) is 4.90 Å². The topological polar surface area (TPSA) is 89.0 Å². The fraction of sp³-hybridized carbons (Fsp3) is 0.100. The van der Waals surface area contributed by atoms with E-state index < -0.39 is 21.5 Å². The van der Waals surface area contributed by atoms with Crippen LogP contribution >= 0.6 is 22.9 Å². The molecule has 0 aliphatic carbocycles. The summed E-state index contributed by atoms with van der Waals surface area (Å²) < 4.78 is 23.9. The molecule has 0 unspecified atom stereocenters. The Labute approximate surface area is 118 Å². The Morgan fingerprint density at radius 3 is 2.58 bits per heavy atom. The molecule has 1 aromatic heterocycles. The number of amides is 1. The number of aromatic nitrogens is 2. The number of benzene rings is 1. The van der Waals surface area contributed by atoms with Gasteiger partial charge in [-0.15, -0.1) is 10.2 Å². The molecule has 19 heavy (non-hydrogen) atoms. The molecule has 100 valence electrons.